The van der Waals surface area contributed by atoms with Crippen molar-refractivity contribution in [1.29, 1.82) is 0 Å². The second-order valence-corrected chi connectivity index (χ2v) is 5.23. The van der Waals surface area contributed by atoms with E-state index < -0.39 is 0 Å². The predicted molar refractivity (Wildman–Crippen MR) is 86.3 cm³/mol. The van der Waals surface area contributed by atoms with Gasteiger partial charge in [0.25, 0.3) is 0 Å². The van der Waals surface area contributed by atoms with Gasteiger partial charge < -0.3 is 14.8 Å². The Morgan fingerprint density at radius 2 is 1.81 bits per heavy atom. The van der Waals surface area contributed by atoms with Crippen LogP contribution in [-0.4, -0.2) is 14.2 Å². The van der Waals surface area contributed by atoms with E-state index in [0.717, 1.165) is 5.56 Å². The number of nitrogens with one attached hydrogen (secondary N) is 1. The van der Waals surface area contributed by atoms with Gasteiger partial charge in [-0.15, -0.1) is 0 Å². The van der Waals surface area contributed by atoms with Crippen LogP contribution in [0.5, 0.6) is 11.5 Å². The van der Waals surface area contributed by atoms with Gasteiger partial charge in [-0.1, -0.05) is 41.9 Å². The van der Waals surface area contributed by atoms with Gasteiger partial charge in [-0.25, -0.2) is 0 Å². The third-order valence-electron chi connectivity index (χ3n) is 3.41. The van der Waals surface area contributed by atoms with Crippen LogP contribution in [0.2, 0.25) is 5.02 Å². The first-order valence-electron chi connectivity index (χ1n) is 6.84. The number of methoxy groups -OCH3 is 2. The van der Waals surface area contributed by atoms with E-state index >= 15 is 0 Å². The topological polar surface area (TPSA) is 30.5 Å². The molecule has 4 heteroatoms. The standard InChI is InChI=1S/C17H20ClNO2/c1-12(14-7-5-4-6-8-14)19-11-13-9-15(18)17(21-3)16(10-13)20-2/h4-10,12,19H,11H2,1-3H3/t12-/m1/s1. The Morgan fingerprint density at radius 1 is 1.10 bits per heavy atom. The summed E-state index contributed by atoms with van der Waals surface area (Å²) in [6.45, 7) is 2.84. The average molecular weight is 306 g/mol. The molecule has 0 aromatic heterocycles. The summed E-state index contributed by atoms with van der Waals surface area (Å²) in [6.07, 6.45) is 0. The van der Waals surface area contributed by atoms with Crippen molar-refractivity contribution in [2.45, 2.75) is 19.5 Å². The lowest BCUT2D eigenvalue weighted by Gasteiger charge is -2.16. The van der Waals surface area contributed by atoms with Gasteiger partial charge in [0.05, 0.1) is 19.2 Å². The van der Waals surface area contributed by atoms with Gasteiger partial charge in [-0.3, -0.25) is 0 Å². The molecule has 0 amide bonds. The molecule has 2 rings (SSSR count). The highest BCUT2D eigenvalue weighted by atomic mass is 35.5. The molecule has 0 radical (unpaired) electrons. The predicted octanol–water partition coefficient (Wildman–Crippen LogP) is 4.21. The van der Waals surface area contributed by atoms with E-state index in [4.69, 9.17) is 21.1 Å². The van der Waals surface area contributed by atoms with E-state index in [1.54, 1.807) is 14.2 Å². The number of hydrogen-bond acceptors (Lipinski definition) is 3. The Morgan fingerprint density at radius 3 is 2.43 bits per heavy atom. The van der Waals surface area contributed by atoms with E-state index in [1.807, 2.05) is 30.3 Å². The lowest BCUT2D eigenvalue weighted by Crippen LogP contribution is -2.18. The fraction of sp³-hybridized carbons (Fsp3) is 0.294. The van der Waals surface area contributed by atoms with Gasteiger partial charge in [-0.05, 0) is 30.2 Å². The quantitative estimate of drug-likeness (QED) is 0.867. The summed E-state index contributed by atoms with van der Waals surface area (Å²) >= 11 is 6.21. The Balaban J connectivity index is 2.08. The van der Waals surface area contributed by atoms with Crippen LogP contribution in [0.3, 0.4) is 0 Å². The molecule has 0 unspecified atom stereocenters. The van der Waals surface area contributed by atoms with Crippen molar-refractivity contribution in [1.82, 2.24) is 5.32 Å². The zero-order valence-corrected chi connectivity index (χ0v) is 13.3. The fourth-order valence-electron chi connectivity index (χ4n) is 2.20. The minimum atomic E-state index is 0.262. The summed E-state index contributed by atoms with van der Waals surface area (Å²) in [7, 11) is 3.19. The second kappa shape index (κ2) is 7.34. The van der Waals surface area contributed by atoms with Crippen molar-refractivity contribution in [3.63, 3.8) is 0 Å². The molecule has 0 saturated heterocycles. The van der Waals surface area contributed by atoms with Gasteiger partial charge in [0.15, 0.2) is 11.5 Å². The van der Waals surface area contributed by atoms with Crippen LogP contribution in [0.15, 0.2) is 42.5 Å². The number of rotatable bonds is 6. The van der Waals surface area contributed by atoms with E-state index in [0.29, 0.717) is 23.1 Å². The van der Waals surface area contributed by atoms with Gasteiger partial charge in [0, 0.05) is 12.6 Å². The molecule has 2 aromatic rings. The van der Waals surface area contributed by atoms with Crippen molar-refractivity contribution >= 4 is 11.6 Å². The Labute approximate surface area is 130 Å². The normalized spacial score (nSPS) is 12.0. The van der Waals surface area contributed by atoms with Gasteiger partial charge >= 0.3 is 0 Å². The van der Waals surface area contributed by atoms with Gasteiger partial charge in [0.1, 0.15) is 0 Å². The van der Waals surface area contributed by atoms with Crippen LogP contribution >= 0.6 is 11.6 Å². The number of benzene rings is 2. The van der Waals surface area contributed by atoms with E-state index in [1.165, 1.54) is 5.56 Å². The molecule has 0 spiro atoms. The van der Waals surface area contributed by atoms with Crippen molar-refractivity contribution in [2.75, 3.05) is 14.2 Å². The maximum atomic E-state index is 6.21. The first-order valence-corrected chi connectivity index (χ1v) is 7.22. The fourth-order valence-corrected chi connectivity index (χ4v) is 2.51. The van der Waals surface area contributed by atoms with Crippen molar-refractivity contribution < 1.29 is 9.47 Å². The second-order valence-electron chi connectivity index (χ2n) is 4.83. The summed E-state index contributed by atoms with van der Waals surface area (Å²) < 4.78 is 10.6. The van der Waals surface area contributed by atoms with Gasteiger partial charge in [0.2, 0.25) is 0 Å². The molecule has 1 N–H and O–H groups in total. The molecule has 1 atom stereocenters. The zero-order chi connectivity index (χ0) is 15.2. The number of ether oxygens (including phenoxy) is 2. The van der Waals surface area contributed by atoms with E-state index in [-0.39, 0.29) is 6.04 Å². The highest BCUT2D eigenvalue weighted by molar-refractivity contribution is 6.32. The number of halogens is 1. The third-order valence-corrected chi connectivity index (χ3v) is 3.69. The SMILES string of the molecule is COc1cc(CN[C@H](C)c2ccccc2)cc(Cl)c1OC. The minimum absolute atomic E-state index is 0.262. The summed E-state index contributed by atoms with van der Waals surface area (Å²) in [5, 5.41) is 4.03. The Kier molecular flexibility index (Phi) is 5.48. The van der Waals surface area contributed by atoms with E-state index in [2.05, 4.69) is 24.4 Å². The molecule has 0 heterocycles. The molecule has 0 bridgehead atoms. The number of hydrogen-bond donors (Lipinski definition) is 1. The summed E-state index contributed by atoms with van der Waals surface area (Å²) in [5.41, 5.74) is 2.31. The highest BCUT2D eigenvalue weighted by Crippen LogP contribution is 2.36. The largest absolute Gasteiger partial charge is 0.493 e. The van der Waals surface area contributed by atoms with Crippen LogP contribution in [0.25, 0.3) is 0 Å². The first-order chi connectivity index (χ1) is 10.2. The lowest BCUT2D eigenvalue weighted by molar-refractivity contribution is 0.354. The maximum Gasteiger partial charge on any atom is 0.179 e. The van der Waals surface area contributed by atoms with Crippen LogP contribution in [0.4, 0.5) is 0 Å². The van der Waals surface area contributed by atoms with Crippen LogP contribution < -0.4 is 14.8 Å². The zero-order valence-electron chi connectivity index (χ0n) is 12.5. The molecule has 112 valence electrons. The van der Waals surface area contributed by atoms with Crippen LogP contribution in [0.1, 0.15) is 24.1 Å². The third kappa shape index (κ3) is 3.90. The Hall–Kier alpha value is -1.71. The minimum Gasteiger partial charge on any atom is -0.493 e. The highest BCUT2D eigenvalue weighted by Gasteiger charge is 2.11. The Bertz CT molecular complexity index is 587. The van der Waals surface area contributed by atoms with Crippen LogP contribution in [-0.2, 0) is 6.54 Å². The molecule has 3 nitrogen and oxygen atoms in total. The molecular formula is C17H20ClNO2. The average Bonchev–Trinajstić information content (AvgIpc) is 2.52. The smallest absolute Gasteiger partial charge is 0.179 e. The molecule has 21 heavy (non-hydrogen) atoms. The molecule has 0 aliphatic carbocycles. The monoisotopic (exact) mass is 305 g/mol. The van der Waals surface area contributed by atoms with Crippen molar-refractivity contribution in [3.8, 4) is 11.5 Å². The maximum absolute atomic E-state index is 6.21. The molecule has 0 aliphatic heterocycles. The van der Waals surface area contributed by atoms with Crippen LogP contribution in [0, 0.1) is 0 Å². The molecular weight excluding hydrogens is 286 g/mol. The molecule has 2 aromatic carbocycles. The van der Waals surface area contributed by atoms with Crippen molar-refractivity contribution in [3.05, 3.63) is 58.6 Å². The molecule has 0 fully saturated rings. The van der Waals surface area contributed by atoms with Crippen molar-refractivity contribution in [2.24, 2.45) is 0 Å². The van der Waals surface area contributed by atoms with E-state index in [9.17, 15) is 0 Å². The summed E-state index contributed by atoms with van der Waals surface area (Å²) in [4.78, 5) is 0. The first kappa shape index (κ1) is 15.7. The van der Waals surface area contributed by atoms with Gasteiger partial charge in [-0.2, -0.15) is 0 Å². The summed E-state index contributed by atoms with van der Waals surface area (Å²) in [6, 6.07) is 14.4. The summed E-state index contributed by atoms with van der Waals surface area (Å²) in [5.74, 6) is 1.22. The lowest BCUT2D eigenvalue weighted by atomic mass is 10.1. The molecule has 0 saturated carbocycles. The molecule has 0 aliphatic rings.